The topological polar surface area (TPSA) is 189 Å². The van der Waals surface area contributed by atoms with E-state index in [2.05, 4.69) is 37.4 Å². The molecule has 0 radical (unpaired) electrons. The van der Waals surface area contributed by atoms with Gasteiger partial charge in [0, 0.05) is 0 Å². The van der Waals surface area contributed by atoms with Crippen LogP contribution < -0.4 is 5.32 Å². The molecule has 0 spiro atoms. The Bertz CT molecular complexity index is 1010. The summed E-state index contributed by atoms with van der Waals surface area (Å²) >= 11 is 0. The van der Waals surface area contributed by atoms with Gasteiger partial charge in [0.25, 0.3) is 0 Å². The standard InChI is InChI=1S/C48H91NO10/c1-3-5-7-9-11-13-14-15-16-17-18-19-20-21-22-23-24-25-26-27-28-30-31-33-35-40(51)43(53)39(38-58-48-46(56)45(55)44(54)42(37-50)59-48)49-47(57)41(52)36-34-32-29-12-10-8-6-4-2/h28-30,32,39-46,48,50-56H,3-27,31,33-38H2,1-2H3,(H,49,57)/b30-28+,32-29-. The minimum atomic E-state index is -1.67. The summed E-state index contributed by atoms with van der Waals surface area (Å²) in [5.74, 6) is -0.743. The van der Waals surface area contributed by atoms with Gasteiger partial charge in [0.15, 0.2) is 6.29 Å². The maximum Gasteiger partial charge on any atom is 0.249 e. The van der Waals surface area contributed by atoms with E-state index in [4.69, 9.17) is 9.47 Å². The zero-order chi connectivity index (χ0) is 43.4. The summed E-state index contributed by atoms with van der Waals surface area (Å²) in [7, 11) is 0. The van der Waals surface area contributed by atoms with Gasteiger partial charge in [0.1, 0.15) is 36.6 Å². The number of amides is 1. The zero-order valence-corrected chi connectivity index (χ0v) is 37.5. The molecule has 11 nitrogen and oxygen atoms in total. The van der Waals surface area contributed by atoms with Crippen LogP contribution in [0.25, 0.3) is 0 Å². The Morgan fingerprint density at radius 2 is 1.00 bits per heavy atom. The maximum atomic E-state index is 13.0. The number of unbranched alkanes of at least 4 members (excludes halogenated alkanes) is 24. The molecule has 8 N–H and O–H groups in total. The number of nitrogens with one attached hydrogen (secondary N) is 1. The lowest BCUT2D eigenvalue weighted by atomic mass is 9.99. The van der Waals surface area contributed by atoms with Crippen LogP contribution in [0.4, 0.5) is 0 Å². The average Bonchev–Trinajstić information content (AvgIpc) is 3.23. The quantitative estimate of drug-likeness (QED) is 0.0221. The Morgan fingerprint density at radius 1 is 0.576 bits per heavy atom. The lowest BCUT2D eigenvalue weighted by Crippen LogP contribution is -2.60. The van der Waals surface area contributed by atoms with Gasteiger partial charge in [-0.1, -0.05) is 173 Å². The molecule has 1 aliphatic rings. The number of ether oxygens (including phenoxy) is 2. The number of aliphatic hydroxyl groups excluding tert-OH is 7. The van der Waals surface area contributed by atoms with Crippen LogP contribution in [-0.4, -0.2) is 110 Å². The first-order valence-electron chi connectivity index (χ1n) is 24.2. The van der Waals surface area contributed by atoms with Crippen molar-refractivity contribution in [3.63, 3.8) is 0 Å². The van der Waals surface area contributed by atoms with Crippen LogP contribution in [0.3, 0.4) is 0 Å². The van der Waals surface area contributed by atoms with Crippen LogP contribution in [0.5, 0.6) is 0 Å². The van der Waals surface area contributed by atoms with Crippen molar-refractivity contribution in [1.29, 1.82) is 0 Å². The second-order valence-electron chi connectivity index (χ2n) is 17.2. The first-order valence-corrected chi connectivity index (χ1v) is 24.2. The van der Waals surface area contributed by atoms with E-state index in [1.807, 2.05) is 6.08 Å². The lowest BCUT2D eigenvalue weighted by molar-refractivity contribution is -0.303. The molecule has 0 aromatic carbocycles. The summed E-state index contributed by atoms with van der Waals surface area (Å²) in [5, 5.41) is 75.4. The van der Waals surface area contributed by atoms with Crippen molar-refractivity contribution < 1.29 is 50.0 Å². The zero-order valence-electron chi connectivity index (χ0n) is 37.5. The van der Waals surface area contributed by atoms with Crippen molar-refractivity contribution in [3.05, 3.63) is 24.3 Å². The van der Waals surface area contributed by atoms with Gasteiger partial charge in [0.05, 0.1) is 25.4 Å². The molecule has 1 aliphatic heterocycles. The molecule has 1 amide bonds. The second kappa shape index (κ2) is 38.3. The molecule has 0 aromatic rings. The number of aliphatic hydroxyl groups is 7. The first kappa shape index (κ1) is 55.6. The van der Waals surface area contributed by atoms with Crippen molar-refractivity contribution in [3.8, 4) is 0 Å². The largest absolute Gasteiger partial charge is 0.394 e. The van der Waals surface area contributed by atoms with E-state index >= 15 is 0 Å². The van der Waals surface area contributed by atoms with Crippen LogP contribution in [0.1, 0.15) is 206 Å². The maximum absolute atomic E-state index is 13.0. The minimum Gasteiger partial charge on any atom is -0.394 e. The highest BCUT2D eigenvalue weighted by Crippen LogP contribution is 2.23. The van der Waals surface area contributed by atoms with Gasteiger partial charge in [-0.25, -0.2) is 0 Å². The molecule has 9 atom stereocenters. The molecule has 0 saturated carbocycles. The lowest BCUT2D eigenvalue weighted by Gasteiger charge is -2.40. The highest BCUT2D eigenvalue weighted by Gasteiger charge is 2.44. The Hall–Kier alpha value is -1.41. The molecular weight excluding hydrogens is 751 g/mol. The van der Waals surface area contributed by atoms with Crippen LogP contribution in [0, 0.1) is 0 Å². The highest BCUT2D eigenvalue weighted by molar-refractivity contribution is 5.80. The van der Waals surface area contributed by atoms with E-state index in [-0.39, 0.29) is 12.8 Å². The van der Waals surface area contributed by atoms with E-state index < -0.39 is 74.2 Å². The molecule has 1 fully saturated rings. The molecule has 1 saturated heterocycles. The predicted octanol–water partition coefficient (Wildman–Crippen LogP) is 8.23. The Balaban J connectivity index is 2.34. The molecular formula is C48H91NO10. The summed E-state index contributed by atoms with van der Waals surface area (Å²) < 4.78 is 11.0. The predicted molar refractivity (Wildman–Crippen MR) is 238 cm³/mol. The van der Waals surface area contributed by atoms with Crippen LogP contribution in [-0.2, 0) is 14.3 Å². The molecule has 348 valence electrons. The number of rotatable bonds is 40. The van der Waals surface area contributed by atoms with Crippen molar-refractivity contribution in [2.75, 3.05) is 13.2 Å². The molecule has 0 bridgehead atoms. The van der Waals surface area contributed by atoms with Gasteiger partial charge < -0.3 is 50.5 Å². The molecule has 0 aliphatic carbocycles. The molecule has 59 heavy (non-hydrogen) atoms. The van der Waals surface area contributed by atoms with Gasteiger partial charge in [-0.05, 0) is 57.8 Å². The fourth-order valence-electron chi connectivity index (χ4n) is 7.68. The van der Waals surface area contributed by atoms with Gasteiger partial charge in [0.2, 0.25) is 5.91 Å². The van der Waals surface area contributed by atoms with Crippen LogP contribution in [0.2, 0.25) is 0 Å². The molecule has 11 heteroatoms. The summed E-state index contributed by atoms with van der Waals surface area (Å²) in [5.41, 5.74) is 0. The summed E-state index contributed by atoms with van der Waals surface area (Å²) in [4.78, 5) is 13.0. The Kier molecular flexibility index (Phi) is 36.1. The molecule has 9 unspecified atom stereocenters. The van der Waals surface area contributed by atoms with Gasteiger partial charge in [-0.15, -0.1) is 0 Å². The second-order valence-corrected chi connectivity index (χ2v) is 17.2. The Labute approximate surface area is 359 Å². The molecule has 0 aromatic heterocycles. The van der Waals surface area contributed by atoms with Gasteiger partial charge >= 0.3 is 0 Å². The average molecular weight is 842 g/mol. The minimum absolute atomic E-state index is 0.169. The van der Waals surface area contributed by atoms with E-state index in [1.165, 1.54) is 135 Å². The summed E-state index contributed by atoms with van der Waals surface area (Å²) in [6.07, 6.45) is 31.4. The number of hydrogen-bond donors (Lipinski definition) is 8. The summed E-state index contributed by atoms with van der Waals surface area (Å²) in [6, 6.07) is -1.20. The SMILES string of the molecule is CCCCCC/C=C\CCC(O)C(=O)NC(COC1OC(CO)C(O)C(O)C1O)C(O)C(O)CCC/C=C/CCCCCCCCCCCCCCCCCCCCC. The van der Waals surface area contributed by atoms with Crippen molar-refractivity contribution in [2.24, 2.45) is 0 Å². The van der Waals surface area contributed by atoms with E-state index in [0.29, 0.717) is 12.8 Å². The number of carbonyl (C=O) groups is 1. The monoisotopic (exact) mass is 842 g/mol. The van der Waals surface area contributed by atoms with Crippen LogP contribution >= 0.6 is 0 Å². The van der Waals surface area contributed by atoms with E-state index in [0.717, 1.165) is 32.1 Å². The highest BCUT2D eigenvalue weighted by atomic mass is 16.7. The van der Waals surface area contributed by atoms with Gasteiger partial charge in [-0.3, -0.25) is 4.79 Å². The number of allylic oxidation sites excluding steroid dienone is 4. The van der Waals surface area contributed by atoms with Crippen molar-refractivity contribution in [1.82, 2.24) is 5.32 Å². The number of hydrogen-bond acceptors (Lipinski definition) is 10. The van der Waals surface area contributed by atoms with Crippen molar-refractivity contribution >= 4 is 5.91 Å². The van der Waals surface area contributed by atoms with Crippen LogP contribution in [0.15, 0.2) is 24.3 Å². The number of carbonyl (C=O) groups excluding carboxylic acids is 1. The molecule has 1 rings (SSSR count). The fraction of sp³-hybridized carbons (Fsp3) is 0.896. The summed E-state index contributed by atoms with van der Waals surface area (Å²) in [6.45, 7) is 3.35. The third kappa shape index (κ3) is 28.0. The Morgan fingerprint density at radius 3 is 1.47 bits per heavy atom. The smallest absolute Gasteiger partial charge is 0.249 e. The first-order chi connectivity index (χ1) is 28.7. The fourth-order valence-corrected chi connectivity index (χ4v) is 7.68. The van der Waals surface area contributed by atoms with E-state index in [9.17, 15) is 40.5 Å². The normalized spacial score (nSPS) is 21.9. The van der Waals surface area contributed by atoms with Gasteiger partial charge in [-0.2, -0.15) is 0 Å². The third-order valence-corrected chi connectivity index (χ3v) is 11.7. The van der Waals surface area contributed by atoms with Crippen molar-refractivity contribution in [2.45, 2.75) is 262 Å². The molecule has 1 heterocycles. The van der Waals surface area contributed by atoms with E-state index in [1.54, 1.807) is 0 Å². The third-order valence-electron chi connectivity index (χ3n) is 11.7.